The molecule has 1 aromatic rings. The molecule has 3 rings (SSSR count). The minimum atomic E-state index is -0.00937. The maximum Gasteiger partial charge on any atom is 0.234 e. The van der Waals surface area contributed by atoms with Crippen LogP contribution in [0.5, 0.6) is 0 Å². The Balaban J connectivity index is 1.41. The third-order valence-corrected chi connectivity index (χ3v) is 6.00. The van der Waals surface area contributed by atoms with E-state index in [1.165, 1.54) is 0 Å². The van der Waals surface area contributed by atoms with Crippen molar-refractivity contribution in [3.63, 3.8) is 0 Å². The maximum absolute atomic E-state index is 12.5. The molecule has 0 radical (unpaired) electrons. The third-order valence-electron chi connectivity index (χ3n) is 5.47. The molecule has 2 heterocycles. The van der Waals surface area contributed by atoms with Crippen molar-refractivity contribution < 1.29 is 9.59 Å². The van der Waals surface area contributed by atoms with Crippen LogP contribution >= 0.6 is 15.9 Å². The largest absolute Gasteiger partial charge is 0.348 e. The van der Waals surface area contributed by atoms with Crippen LogP contribution in [0, 0.1) is 5.92 Å². The predicted octanol–water partition coefficient (Wildman–Crippen LogP) is 2.96. The Morgan fingerprint density at radius 2 is 1.73 bits per heavy atom. The second-order valence-corrected chi connectivity index (χ2v) is 8.34. The van der Waals surface area contributed by atoms with Crippen LogP contribution in [0.1, 0.15) is 44.2 Å². The zero-order valence-corrected chi connectivity index (χ0v) is 17.0. The SMILES string of the molecule is CC(NC(=O)CN1CCC(C(=O)N2CCCC2)CC1)c1ccc(Br)cc1. The Bertz CT molecular complexity index is 620. The summed E-state index contributed by atoms with van der Waals surface area (Å²) in [6.07, 6.45) is 4.01. The lowest BCUT2D eigenvalue weighted by atomic mass is 9.95. The van der Waals surface area contributed by atoms with Crippen molar-refractivity contribution in [2.24, 2.45) is 5.92 Å². The van der Waals surface area contributed by atoms with E-state index in [1.54, 1.807) is 0 Å². The van der Waals surface area contributed by atoms with Gasteiger partial charge in [0.05, 0.1) is 12.6 Å². The van der Waals surface area contributed by atoms with Crippen LogP contribution in [0.2, 0.25) is 0 Å². The molecule has 0 aliphatic carbocycles. The van der Waals surface area contributed by atoms with Crippen molar-refractivity contribution in [1.29, 1.82) is 0 Å². The van der Waals surface area contributed by atoms with E-state index in [0.717, 1.165) is 61.9 Å². The van der Waals surface area contributed by atoms with Crippen LogP contribution in [-0.2, 0) is 9.59 Å². The van der Waals surface area contributed by atoms with Crippen molar-refractivity contribution in [3.05, 3.63) is 34.3 Å². The number of hydrogen-bond donors (Lipinski definition) is 1. The van der Waals surface area contributed by atoms with Crippen molar-refractivity contribution in [2.45, 2.75) is 38.6 Å². The summed E-state index contributed by atoms with van der Waals surface area (Å²) in [6.45, 7) is 5.91. The Labute approximate surface area is 164 Å². The first kappa shape index (κ1) is 19.4. The number of halogens is 1. The van der Waals surface area contributed by atoms with E-state index < -0.39 is 0 Å². The van der Waals surface area contributed by atoms with E-state index in [-0.39, 0.29) is 17.9 Å². The zero-order chi connectivity index (χ0) is 18.5. The van der Waals surface area contributed by atoms with Crippen molar-refractivity contribution in [2.75, 3.05) is 32.7 Å². The fourth-order valence-corrected chi connectivity index (χ4v) is 4.12. The number of nitrogens with one attached hydrogen (secondary N) is 1. The smallest absolute Gasteiger partial charge is 0.234 e. The molecule has 26 heavy (non-hydrogen) atoms. The molecule has 5 nitrogen and oxygen atoms in total. The Morgan fingerprint density at radius 1 is 1.12 bits per heavy atom. The first-order chi connectivity index (χ1) is 12.5. The van der Waals surface area contributed by atoms with Crippen LogP contribution in [0.4, 0.5) is 0 Å². The number of benzene rings is 1. The van der Waals surface area contributed by atoms with Gasteiger partial charge in [-0.15, -0.1) is 0 Å². The molecule has 1 atom stereocenters. The first-order valence-electron chi connectivity index (χ1n) is 9.59. The molecule has 1 aromatic carbocycles. The summed E-state index contributed by atoms with van der Waals surface area (Å²) in [5, 5.41) is 3.07. The number of piperidine rings is 1. The second-order valence-electron chi connectivity index (χ2n) is 7.42. The van der Waals surface area contributed by atoms with Gasteiger partial charge < -0.3 is 10.2 Å². The van der Waals surface area contributed by atoms with Gasteiger partial charge in [0.25, 0.3) is 0 Å². The van der Waals surface area contributed by atoms with Crippen molar-refractivity contribution in [3.8, 4) is 0 Å². The highest BCUT2D eigenvalue weighted by atomic mass is 79.9. The lowest BCUT2D eigenvalue weighted by Gasteiger charge is -2.32. The first-order valence-corrected chi connectivity index (χ1v) is 10.4. The van der Waals surface area contributed by atoms with Gasteiger partial charge in [0.15, 0.2) is 0 Å². The fourth-order valence-electron chi connectivity index (χ4n) is 3.86. The van der Waals surface area contributed by atoms with Gasteiger partial charge in [0, 0.05) is 23.5 Å². The van der Waals surface area contributed by atoms with Gasteiger partial charge in [-0.05, 0) is 63.4 Å². The van der Waals surface area contributed by atoms with Crippen LogP contribution in [0.25, 0.3) is 0 Å². The molecule has 1 unspecified atom stereocenters. The summed E-state index contributed by atoms with van der Waals surface area (Å²) in [5.41, 5.74) is 1.09. The van der Waals surface area contributed by atoms with E-state index in [9.17, 15) is 9.59 Å². The van der Waals surface area contributed by atoms with E-state index in [2.05, 4.69) is 26.1 Å². The quantitative estimate of drug-likeness (QED) is 0.794. The van der Waals surface area contributed by atoms with Crippen molar-refractivity contribution >= 4 is 27.7 Å². The molecule has 0 spiro atoms. The molecular formula is C20H28BrN3O2. The minimum Gasteiger partial charge on any atom is -0.348 e. The van der Waals surface area contributed by atoms with Gasteiger partial charge in [-0.1, -0.05) is 28.1 Å². The average Bonchev–Trinajstić information content (AvgIpc) is 3.17. The maximum atomic E-state index is 12.5. The molecule has 2 aliphatic rings. The van der Waals surface area contributed by atoms with E-state index in [0.29, 0.717) is 12.5 Å². The van der Waals surface area contributed by atoms with Gasteiger partial charge >= 0.3 is 0 Å². The van der Waals surface area contributed by atoms with Crippen LogP contribution in [0.15, 0.2) is 28.7 Å². The van der Waals surface area contributed by atoms with Crippen LogP contribution < -0.4 is 5.32 Å². The van der Waals surface area contributed by atoms with E-state index in [1.807, 2.05) is 36.1 Å². The highest BCUT2D eigenvalue weighted by Crippen LogP contribution is 2.22. The highest BCUT2D eigenvalue weighted by molar-refractivity contribution is 9.10. The number of carbonyl (C=O) groups is 2. The van der Waals surface area contributed by atoms with Crippen molar-refractivity contribution in [1.82, 2.24) is 15.1 Å². The molecule has 2 saturated heterocycles. The molecule has 142 valence electrons. The predicted molar refractivity (Wildman–Crippen MR) is 106 cm³/mol. The number of carbonyl (C=O) groups excluding carboxylic acids is 2. The summed E-state index contributed by atoms with van der Waals surface area (Å²) < 4.78 is 1.03. The molecule has 0 saturated carbocycles. The number of hydrogen-bond acceptors (Lipinski definition) is 3. The lowest BCUT2D eigenvalue weighted by Crippen LogP contribution is -2.45. The number of nitrogens with zero attached hydrogens (tertiary/aromatic N) is 2. The highest BCUT2D eigenvalue weighted by Gasteiger charge is 2.30. The standard InChI is InChI=1S/C20H28BrN3O2/c1-15(16-4-6-18(21)7-5-16)22-19(25)14-23-12-8-17(9-13-23)20(26)24-10-2-3-11-24/h4-7,15,17H,2-3,8-14H2,1H3,(H,22,25). The normalized spacial score (nSPS) is 20.2. The second kappa shape index (κ2) is 9.00. The summed E-state index contributed by atoms with van der Waals surface area (Å²) in [6, 6.07) is 8.00. The summed E-state index contributed by atoms with van der Waals surface area (Å²) in [4.78, 5) is 29.0. The van der Waals surface area contributed by atoms with Gasteiger partial charge in [-0.25, -0.2) is 0 Å². The number of rotatable bonds is 5. The zero-order valence-electron chi connectivity index (χ0n) is 15.4. The fraction of sp³-hybridized carbons (Fsp3) is 0.600. The molecule has 1 N–H and O–H groups in total. The van der Waals surface area contributed by atoms with Crippen LogP contribution in [-0.4, -0.2) is 54.3 Å². The molecule has 6 heteroatoms. The molecule has 2 aliphatic heterocycles. The lowest BCUT2D eigenvalue weighted by molar-refractivity contribution is -0.136. The molecule has 2 fully saturated rings. The average molecular weight is 422 g/mol. The van der Waals surface area contributed by atoms with Gasteiger partial charge in [0.1, 0.15) is 0 Å². The van der Waals surface area contributed by atoms with Gasteiger partial charge in [0.2, 0.25) is 11.8 Å². The Kier molecular flexibility index (Phi) is 6.70. The summed E-state index contributed by atoms with van der Waals surface area (Å²) in [5.74, 6) is 0.523. The number of amides is 2. The summed E-state index contributed by atoms with van der Waals surface area (Å²) >= 11 is 3.43. The van der Waals surface area contributed by atoms with E-state index >= 15 is 0 Å². The molecular weight excluding hydrogens is 394 g/mol. The monoisotopic (exact) mass is 421 g/mol. The van der Waals surface area contributed by atoms with Gasteiger partial charge in [-0.2, -0.15) is 0 Å². The molecule has 0 aromatic heterocycles. The molecule has 2 amide bonds. The summed E-state index contributed by atoms with van der Waals surface area (Å²) in [7, 11) is 0. The third kappa shape index (κ3) is 5.07. The van der Waals surface area contributed by atoms with E-state index in [4.69, 9.17) is 0 Å². The van der Waals surface area contributed by atoms with Crippen LogP contribution in [0.3, 0.4) is 0 Å². The number of likely N-dealkylation sites (tertiary alicyclic amines) is 2. The van der Waals surface area contributed by atoms with Gasteiger partial charge in [-0.3, -0.25) is 14.5 Å². The topological polar surface area (TPSA) is 52.7 Å². The Hall–Kier alpha value is -1.40. The minimum absolute atomic E-state index is 0.00937. The molecule has 0 bridgehead atoms. The Morgan fingerprint density at radius 3 is 2.35 bits per heavy atom.